The van der Waals surface area contributed by atoms with Crippen molar-refractivity contribution in [1.82, 2.24) is 19.8 Å². The molecule has 2 aromatic rings. The van der Waals surface area contributed by atoms with Gasteiger partial charge >= 0.3 is 0 Å². The molecule has 98 valence electrons. The Morgan fingerprint density at radius 1 is 1.16 bits per heavy atom. The van der Waals surface area contributed by atoms with Gasteiger partial charge in [0.2, 0.25) is 0 Å². The van der Waals surface area contributed by atoms with Gasteiger partial charge in [-0.3, -0.25) is 4.90 Å². The summed E-state index contributed by atoms with van der Waals surface area (Å²) in [6.45, 7) is 6.20. The molecule has 1 aromatic heterocycles. The first-order chi connectivity index (χ1) is 9.38. The van der Waals surface area contributed by atoms with E-state index in [1.54, 1.807) is 0 Å². The predicted molar refractivity (Wildman–Crippen MR) is 73.3 cm³/mol. The zero-order valence-corrected chi connectivity index (χ0v) is 11.0. The van der Waals surface area contributed by atoms with Crippen LogP contribution in [0.4, 0.5) is 0 Å². The minimum atomic E-state index is 0.961. The predicted octanol–water partition coefficient (Wildman–Crippen LogP) is 1.50. The summed E-state index contributed by atoms with van der Waals surface area (Å²) in [4.78, 5) is 6.90. The molecule has 0 aliphatic carbocycles. The molecule has 0 saturated heterocycles. The molecule has 0 radical (unpaired) electrons. The van der Waals surface area contributed by atoms with Crippen molar-refractivity contribution in [2.24, 2.45) is 0 Å². The van der Waals surface area contributed by atoms with E-state index in [9.17, 15) is 0 Å². The van der Waals surface area contributed by atoms with E-state index in [0.717, 1.165) is 39.3 Å². The highest BCUT2D eigenvalue weighted by atomic mass is 15.2. The third kappa shape index (κ3) is 2.07. The number of rotatable bonds is 2. The summed E-state index contributed by atoms with van der Waals surface area (Å²) in [5.74, 6) is 1.19. The molecule has 0 unspecified atom stereocenters. The lowest BCUT2D eigenvalue weighted by molar-refractivity contribution is 0.209. The molecule has 1 aromatic carbocycles. The Kier molecular flexibility index (Phi) is 2.64. The third-order valence-electron chi connectivity index (χ3n) is 4.13. The van der Waals surface area contributed by atoms with Crippen molar-refractivity contribution < 1.29 is 0 Å². The van der Waals surface area contributed by atoms with Gasteiger partial charge in [0.05, 0.1) is 6.54 Å². The van der Waals surface area contributed by atoms with Gasteiger partial charge in [-0.05, 0) is 16.7 Å². The van der Waals surface area contributed by atoms with Gasteiger partial charge in [0, 0.05) is 45.1 Å². The molecule has 4 rings (SSSR count). The molecule has 4 heteroatoms. The van der Waals surface area contributed by atoms with Crippen LogP contribution < -0.4 is 5.32 Å². The van der Waals surface area contributed by atoms with Gasteiger partial charge in [-0.25, -0.2) is 4.98 Å². The van der Waals surface area contributed by atoms with Gasteiger partial charge < -0.3 is 9.88 Å². The van der Waals surface area contributed by atoms with Crippen LogP contribution in [0.3, 0.4) is 0 Å². The van der Waals surface area contributed by atoms with Crippen LogP contribution in [0.25, 0.3) is 0 Å². The molecule has 0 amide bonds. The fraction of sp³-hybridized carbons (Fsp3) is 0.400. The summed E-state index contributed by atoms with van der Waals surface area (Å²) < 4.78 is 2.25. The van der Waals surface area contributed by atoms with E-state index >= 15 is 0 Å². The minimum Gasteiger partial charge on any atom is -0.333 e. The molecular formula is C15H18N4. The van der Waals surface area contributed by atoms with Crippen molar-refractivity contribution in [2.45, 2.75) is 32.7 Å². The molecule has 0 spiro atoms. The van der Waals surface area contributed by atoms with E-state index < -0.39 is 0 Å². The lowest BCUT2D eigenvalue weighted by Crippen LogP contribution is -2.33. The van der Waals surface area contributed by atoms with Crippen molar-refractivity contribution in [3.8, 4) is 0 Å². The van der Waals surface area contributed by atoms with Crippen molar-refractivity contribution in [3.63, 3.8) is 0 Å². The maximum atomic E-state index is 4.42. The van der Waals surface area contributed by atoms with Crippen molar-refractivity contribution >= 4 is 0 Å². The molecule has 0 saturated carbocycles. The summed E-state index contributed by atoms with van der Waals surface area (Å²) in [7, 11) is 0. The second-order valence-electron chi connectivity index (χ2n) is 5.45. The van der Waals surface area contributed by atoms with E-state index in [2.05, 4.69) is 44.2 Å². The van der Waals surface area contributed by atoms with Crippen molar-refractivity contribution in [1.29, 1.82) is 0 Å². The zero-order chi connectivity index (χ0) is 12.7. The number of hydrogen-bond donors (Lipinski definition) is 1. The maximum absolute atomic E-state index is 4.42. The monoisotopic (exact) mass is 254 g/mol. The summed E-state index contributed by atoms with van der Waals surface area (Å²) in [6, 6.07) is 6.90. The average Bonchev–Trinajstić information content (AvgIpc) is 3.05. The molecule has 1 N–H and O–H groups in total. The minimum absolute atomic E-state index is 0.961. The second kappa shape index (κ2) is 4.47. The number of benzene rings is 1. The standard InChI is InChI=1S/C15H18N4/c1-2-13-8-16-9-14(13)7-12(1)10-18-5-6-19-4-3-17-15(19)11-18/h1-4,7,16H,5-6,8-11H2. The van der Waals surface area contributed by atoms with Gasteiger partial charge in [-0.15, -0.1) is 0 Å². The highest BCUT2D eigenvalue weighted by Crippen LogP contribution is 2.19. The zero-order valence-electron chi connectivity index (χ0n) is 11.0. The molecular weight excluding hydrogens is 236 g/mol. The third-order valence-corrected chi connectivity index (χ3v) is 4.13. The molecule has 0 bridgehead atoms. The molecule has 0 fully saturated rings. The lowest BCUT2D eigenvalue weighted by atomic mass is 10.1. The van der Waals surface area contributed by atoms with Gasteiger partial charge in [0.25, 0.3) is 0 Å². The van der Waals surface area contributed by atoms with Crippen LogP contribution in [-0.2, 0) is 32.7 Å². The number of aromatic nitrogens is 2. The first-order valence-electron chi connectivity index (χ1n) is 6.92. The number of nitrogens with one attached hydrogen (secondary N) is 1. The van der Waals surface area contributed by atoms with Crippen molar-refractivity contribution in [3.05, 3.63) is 53.1 Å². The normalized spacial score (nSPS) is 18.3. The number of imidazole rings is 1. The van der Waals surface area contributed by atoms with Crippen LogP contribution in [0.5, 0.6) is 0 Å². The first-order valence-corrected chi connectivity index (χ1v) is 6.92. The first kappa shape index (κ1) is 11.2. The van der Waals surface area contributed by atoms with Crippen LogP contribution in [-0.4, -0.2) is 21.0 Å². The van der Waals surface area contributed by atoms with Crippen LogP contribution >= 0.6 is 0 Å². The molecule has 0 atom stereocenters. The van der Waals surface area contributed by atoms with E-state index in [-0.39, 0.29) is 0 Å². The fourth-order valence-corrected chi connectivity index (χ4v) is 3.06. The summed E-state index contributed by atoms with van der Waals surface area (Å²) in [5, 5.41) is 3.40. The van der Waals surface area contributed by atoms with E-state index in [4.69, 9.17) is 0 Å². The molecule has 3 heterocycles. The Morgan fingerprint density at radius 2 is 2.11 bits per heavy atom. The Balaban J connectivity index is 1.50. The second-order valence-corrected chi connectivity index (χ2v) is 5.45. The SMILES string of the molecule is c1cn2c(n1)CN(Cc1ccc3c(c1)CNC3)CC2. The maximum Gasteiger partial charge on any atom is 0.122 e. The topological polar surface area (TPSA) is 33.1 Å². The van der Waals surface area contributed by atoms with E-state index in [1.165, 1.54) is 22.5 Å². The Labute approximate surface area is 113 Å². The number of fused-ring (bicyclic) bond motifs is 2. The molecule has 2 aliphatic heterocycles. The Morgan fingerprint density at radius 3 is 3.11 bits per heavy atom. The highest BCUT2D eigenvalue weighted by Gasteiger charge is 2.17. The van der Waals surface area contributed by atoms with Crippen molar-refractivity contribution in [2.75, 3.05) is 6.54 Å². The van der Waals surface area contributed by atoms with Gasteiger partial charge in [-0.2, -0.15) is 0 Å². The summed E-state index contributed by atoms with van der Waals surface area (Å²) in [6.07, 6.45) is 3.98. The highest BCUT2D eigenvalue weighted by molar-refractivity contribution is 5.34. The number of hydrogen-bond acceptors (Lipinski definition) is 3. The Hall–Kier alpha value is -1.65. The van der Waals surface area contributed by atoms with Crippen LogP contribution in [0.15, 0.2) is 30.6 Å². The van der Waals surface area contributed by atoms with Crippen LogP contribution in [0, 0.1) is 0 Å². The average molecular weight is 254 g/mol. The van der Waals surface area contributed by atoms with E-state index in [0.29, 0.717) is 0 Å². The van der Waals surface area contributed by atoms with Crippen LogP contribution in [0.2, 0.25) is 0 Å². The molecule has 2 aliphatic rings. The van der Waals surface area contributed by atoms with Crippen LogP contribution in [0.1, 0.15) is 22.5 Å². The molecule has 4 nitrogen and oxygen atoms in total. The van der Waals surface area contributed by atoms with Gasteiger partial charge in [0.15, 0.2) is 0 Å². The smallest absolute Gasteiger partial charge is 0.122 e. The largest absolute Gasteiger partial charge is 0.333 e. The van der Waals surface area contributed by atoms with Gasteiger partial charge in [-0.1, -0.05) is 18.2 Å². The Bertz CT molecular complexity index is 602. The quantitative estimate of drug-likeness (QED) is 0.881. The van der Waals surface area contributed by atoms with Gasteiger partial charge in [0.1, 0.15) is 5.82 Å². The summed E-state index contributed by atoms with van der Waals surface area (Å²) >= 11 is 0. The number of nitrogens with zero attached hydrogens (tertiary/aromatic N) is 3. The lowest BCUT2D eigenvalue weighted by Gasteiger charge is -2.27. The fourth-order valence-electron chi connectivity index (χ4n) is 3.06. The molecule has 19 heavy (non-hydrogen) atoms. The van der Waals surface area contributed by atoms with E-state index in [1.807, 2.05) is 6.20 Å². The summed E-state index contributed by atoms with van der Waals surface area (Å²) in [5.41, 5.74) is 4.34.